The first-order chi connectivity index (χ1) is 10.7. The molecular formula is C15H20ClN3O2S. The second kappa shape index (κ2) is 8.92. The number of fused-ring (bicyclic) bond motifs is 1. The summed E-state index contributed by atoms with van der Waals surface area (Å²) in [6.07, 6.45) is 8.07. The fourth-order valence-electron chi connectivity index (χ4n) is 1.87. The number of halogens is 1. The summed E-state index contributed by atoms with van der Waals surface area (Å²) >= 11 is 7.56. The maximum absolute atomic E-state index is 11.8. The van der Waals surface area contributed by atoms with Gasteiger partial charge in [0.05, 0.1) is 5.69 Å². The lowest BCUT2D eigenvalue weighted by molar-refractivity contribution is -0.116. The van der Waals surface area contributed by atoms with E-state index in [0.717, 1.165) is 36.5 Å². The molecule has 2 aromatic heterocycles. The number of amides is 1. The number of hydrogen-bond acceptors (Lipinski definition) is 4. The third-order valence-corrected chi connectivity index (χ3v) is 4.09. The topological polar surface area (TPSA) is 55.6 Å². The van der Waals surface area contributed by atoms with E-state index in [4.69, 9.17) is 16.3 Å². The summed E-state index contributed by atoms with van der Waals surface area (Å²) in [7, 11) is 0. The maximum Gasteiger partial charge on any atom is 0.244 e. The number of thiazole rings is 1. The van der Waals surface area contributed by atoms with Crippen LogP contribution in [0.1, 0.15) is 31.9 Å². The molecule has 0 aliphatic rings. The minimum Gasteiger partial charge on any atom is -0.381 e. The van der Waals surface area contributed by atoms with E-state index in [2.05, 4.69) is 17.2 Å². The first-order valence-corrected chi connectivity index (χ1v) is 8.63. The Labute approximate surface area is 138 Å². The molecule has 5 nitrogen and oxygen atoms in total. The van der Waals surface area contributed by atoms with Gasteiger partial charge < -0.3 is 10.1 Å². The third-order valence-electron chi connectivity index (χ3n) is 3.05. The lowest BCUT2D eigenvalue weighted by Crippen LogP contribution is -2.23. The average molecular weight is 342 g/mol. The number of ether oxygens (including phenoxy) is 1. The Morgan fingerprint density at radius 3 is 3.14 bits per heavy atom. The fraction of sp³-hybridized carbons (Fsp3) is 0.467. The molecule has 2 rings (SSSR count). The monoisotopic (exact) mass is 341 g/mol. The Morgan fingerprint density at radius 2 is 2.32 bits per heavy atom. The van der Waals surface area contributed by atoms with Crippen LogP contribution < -0.4 is 5.32 Å². The van der Waals surface area contributed by atoms with Crippen molar-refractivity contribution in [2.24, 2.45) is 0 Å². The Kier molecular flexibility index (Phi) is 6.89. The highest BCUT2D eigenvalue weighted by Gasteiger charge is 2.08. The van der Waals surface area contributed by atoms with E-state index in [1.54, 1.807) is 6.08 Å². The van der Waals surface area contributed by atoms with Crippen molar-refractivity contribution in [2.45, 2.75) is 26.2 Å². The van der Waals surface area contributed by atoms with Crippen molar-refractivity contribution < 1.29 is 9.53 Å². The second-order valence-corrected chi connectivity index (χ2v) is 6.02. The summed E-state index contributed by atoms with van der Waals surface area (Å²) in [5.74, 6) is -0.144. The van der Waals surface area contributed by atoms with E-state index in [9.17, 15) is 4.79 Å². The van der Waals surface area contributed by atoms with Crippen LogP contribution in [0.3, 0.4) is 0 Å². The maximum atomic E-state index is 11.8. The minimum atomic E-state index is -0.144. The van der Waals surface area contributed by atoms with E-state index in [-0.39, 0.29) is 5.91 Å². The molecule has 1 N–H and O–H groups in total. The van der Waals surface area contributed by atoms with Crippen LogP contribution in [-0.4, -0.2) is 35.1 Å². The number of carbonyl (C=O) groups excluding carboxylic acids is 1. The van der Waals surface area contributed by atoms with Gasteiger partial charge in [0.15, 0.2) is 10.1 Å². The summed E-state index contributed by atoms with van der Waals surface area (Å²) in [5, 5.41) is 5.15. The lowest BCUT2D eigenvalue weighted by atomic mass is 10.3. The number of hydrogen-bond donors (Lipinski definition) is 1. The molecule has 2 aromatic rings. The Morgan fingerprint density at radius 1 is 1.50 bits per heavy atom. The number of nitrogens with one attached hydrogen (secondary N) is 1. The molecule has 0 aliphatic heterocycles. The zero-order valence-corrected chi connectivity index (χ0v) is 14.1. The molecule has 22 heavy (non-hydrogen) atoms. The van der Waals surface area contributed by atoms with Crippen LogP contribution in [0.15, 0.2) is 17.7 Å². The number of rotatable bonds is 9. The minimum absolute atomic E-state index is 0.144. The van der Waals surface area contributed by atoms with Crippen molar-refractivity contribution in [1.29, 1.82) is 0 Å². The lowest BCUT2D eigenvalue weighted by Gasteiger charge is -2.03. The van der Waals surface area contributed by atoms with Gasteiger partial charge in [0.25, 0.3) is 0 Å². The van der Waals surface area contributed by atoms with Crippen molar-refractivity contribution in [3.05, 3.63) is 28.5 Å². The molecule has 0 saturated carbocycles. The number of unbranched alkanes of at least 4 members (excludes halogenated alkanes) is 1. The molecule has 120 valence electrons. The zero-order valence-electron chi connectivity index (χ0n) is 12.5. The standard InChI is InChI=1S/C15H20ClN3O2S/c1-2-3-9-21-10-4-7-17-13(20)6-5-12-14(16)18-15-19(12)8-11-22-15/h5-6,8,11H,2-4,7,9-10H2,1H3,(H,17,20)/b6-5+. The summed E-state index contributed by atoms with van der Waals surface area (Å²) in [4.78, 5) is 16.8. The largest absolute Gasteiger partial charge is 0.381 e. The van der Waals surface area contributed by atoms with Crippen LogP contribution in [0.5, 0.6) is 0 Å². The van der Waals surface area contributed by atoms with Crippen molar-refractivity contribution in [3.8, 4) is 0 Å². The number of aromatic nitrogens is 2. The summed E-state index contributed by atoms with van der Waals surface area (Å²) in [5.41, 5.74) is 0.718. The van der Waals surface area contributed by atoms with E-state index < -0.39 is 0 Å². The van der Waals surface area contributed by atoms with Crippen molar-refractivity contribution in [3.63, 3.8) is 0 Å². The van der Waals surface area contributed by atoms with Crippen LogP contribution in [-0.2, 0) is 9.53 Å². The van der Waals surface area contributed by atoms with Gasteiger partial charge in [0.2, 0.25) is 5.91 Å². The molecule has 0 saturated heterocycles. The Bertz CT molecular complexity index is 636. The van der Waals surface area contributed by atoms with Gasteiger partial charge in [-0.05, 0) is 18.9 Å². The highest BCUT2D eigenvalue weighted by Crippen LogP contribution is 2.22. The molecule has 0 radical (unpaired) electrons. The van der Waals surface area contributed by atoms with E-state index >= 15 is 0 Å². The molecule has 0 unspecified atom stereocenters. The molecule has 0 aliphatic carbocycles. The predicted octanol–water partition coefficient (Wildman–Crippen LogP) is 3.39. The predicted molar refractivity (Wildman–Crippen MR) is 90.5 cm³/mol. The highest BCUT2D eigenvalue weighted by molar-refractivity contribution is 7.15. The van der Waals surface area contributed by atoms with Gasteiger partial charge >= 0.3 is 0 Å². The van der Waals surface area contributed by atoms with Gasteiger partial charge in [-0.15, -0.1) is 11.3 Å². The highest BCUT2D eigenvalue weighted by atomic mass is 35.5. The summed E-state index contributed by atoms with van der Waals surface area (Å²) in [6.45, 7) is 4.20. The van der Waals surface area contributed by atoms with Crippen LogP contribution in [0.2, 0.25) is 5.15 Å². The number of carbonyl (C=O) groups is 1. The normalized spacial score (nSPS) is 11.5. The van der Waals surface area contributed by atoms with Gasteiger partial charge in [-0.25, -0.2) is 4.98 Å². The number of imidazole rings is 1. The fourth-order valence-corrected chi connectivity index (χ4v) is 2.88. The van der Waals surface area contributed by atoms with Crippen molar-refractivity contribution in [2.75, 3.05) is 19.8 Å². The van der Waals surface area contributed by atoms with Gasteiger partial charge in [0, 0.05) is 37.4 Å². The first-order valence-electron chi connectivity index (χ1n) is 7.37. The molecule has 0 aromatic carbocycles. The Balaban J connectivity index is 1.73. The molecule has 2 heterocycles. The second-order valence-electron chi connectivity index (χ2n) is 4.79. The summed E-state index contributed by atoms with van der Waals surface area (Å²) < 4.78 is 7.29. The Hall–Kier alpha value is -1.37. The van der Waals surface area contributed by atoms with Crippen LogP contribution in [0.4, 0.5) is 0 Å². The van der Waals surface area contributed by atoms with Gasteiger partial charge in [0.1, 0.15) is 0 Å². The van der Waals surface area contributed by atoms with Gasteiger partial charge in [-0.3, -0.25) is 9.20 Å². The quantitative estimate of drug-likeness (QED) is 0.562. The molecule has 0 fully saturated rings. The molecule has 7 heteroatoms. The molecule has 0 spiro atoms. The van der Waals surface area contributed by atoms with E-state index in [0.29, 0.717) is 18.3 Å². The first kappa shape index (κ1) is 17.0. The number of nitrogens with zero attached hydrogens (tertiary/aromatic N) is 2. The summed E-state index contributed by atoms with van der Waals surface area (Å²) in [6, 6.07) is 0. The van der Waals surface area contributed by atoms with Crippen LogP contribution in [0, 0.1) is 0 Å². The zero-order chi connectivity index (χ0) is 15.8. The molecular weight excluding hydrogens is 322 g/mol. The van der Waals surface area contributed by atoms with E-state index in [1.165, 1.54) is 17.4 Å². The molecule has 0 atom stereocenters. The SMILES string of the molecule is CCCCOCCCNC(=O)/C=C/c1c(Cl)nc2sccn12. The van der Waals surface area contributed by atoms with Gasteiger partial charge in [-0.1, -0.05) is 24.9 Å². The van der Waals surface area contributed by atoms with Gasteiger partial charge in [-0.2, -0.15) is 0 Å². The van der Waals surface area contributed by atoms with Crippen LogP contribution in [0.25, 0.3) is 11.0 Å². The molecule has 1 amide bonds. The van der Waals surface area contributed by atoms with E-state index in [1.807, 2.05) is 16.0 Å². The average Bonchev–Trinajstić information content (AvgIpc) is 3.05. The smallest absolute Gasteiger partial charge is 0.244 e. The van der Waals surface area contributed by atoms with Crippen LogP contribution >= 0.6 is 22.9 Å². The van der Waals surface area contributed by atoms with Crippen molar-refractivity contribution >= 4 is 39.9 Å². The third kappa shape index (κ3) is 4.83. The van der Waals surface area contributed by atoms with Crippen molar-refractivity contribution in [1.82, 2.24) is 14.7 Å². The molecule has 0 bridgehead atoms.